The summed E-state index contributed by atoms with van der Waals surface area (Å²) in [6.45, 7) is 10.2. The van der Waals surface area contributed by atoms with Gasteiger partial charge in [0.1, 0.15) is 10.8 Å². The van der Waals surface area contributed by atoms with Gasteiger partial charge in [0.2, 0.25) is 0 Å². The quantitative estimate of drug-likeness (QED) is 0.335. The Morgan fingerprint density at radius 3 is 2.57 bits per heavy atom. The molecule has 6 nitrogen and oxygen atoms in total. The number of thiazole rings is 1. The molecule has 0 radical (unpaired) electrons. The average Bonchev–Trinajstić information content (AvgIpc) is 3.08. The van der Waals surface area contributed by atoms with E-state index in [1.165, 1.54) is 4.88 Å². The van der Waals surface area contributed by atoms with Gasteiger partial charge in [0, 0.05) is 42.8 Å². The number of amidine groups is 1. The van der Waals surface area contributed by atoms with Gasteiger partial charge in [0.25, 0.3) is 0 Å². The standard InChI is InChI=1S/C20H29FN6S/c1-13(2)10-15-4-5-16(20(22)25-23)19(18(15)21)27-8-6-26(7-9-27)12-17-24-11-14(3)28-17/h4-5,11,13H,6-10,12,23H2,1-3H3,(H2,22,25). The number of piperazine rings is 1. The van der Waals surface area contributed by atoms with Crippen LogP contribution in [-0.2, 0) is 13.0 Å². The molecule has 2 aromatic rings. The van der Waals surface area contributed by atoms with Crippen molar-refractivity contribution in [2.75, 3.05) is 31.1 Å². The van der Waals surface area contributed by atoms with Crippen LogP contribution in [0.3, 0.4) is 0 Å². The van der Waals surface area contributed by atoms with Crippen LogP contribution in [0.5, 0.6) is 0 Å². The van der Waals surface area contributed by atoms with E-state index in [1.807, 2.05) is 12.3 Å². The van der Waals surface area contributed by atoms with Gasteiger partial charge in [-0.25, -0.2) is 9.37 Å². The summed E-state index contributed by atoms with van der Waals surface area (Å²) < 4.78 is 15.4. The Kier molecular flexibility index (Phi) is 6.51. The van der Waals surface area contributed by atoms with Crippen molar-refractivity contribution in [1.29, 1.82) is 0 Å². The van der Waals surface area contributed by atoms with E-state index in [0.717, 1.165) is 37.7 Å². The van der Waals surface area contributed by atoms with Gasteiger partial charge >= 0.3 is 0 Å². The van der Waals surface area contributed by atoms with E-state index in [1.54, 1.807) is 17.4 Å². The van der Waals surface area contributed by atoms with Crippen molar-refractivity contribution in [3.63, 3.8) is 0 Å². The lowest BCUT2D eigenvalue weighted by Gasteiger charge is -2.37. The fourth-order valence-electron chi connectivity index (χ4n) is 3.58. The summed E-state index contributed by atoms with van der Waals surface area (Å²) in [7, 11) is 0. The van der Waals surface area contributed by atoms with Gasteiger partial charge in [-0.15, -0.1) is 11.3 Å². The van der Waals surface area contributed by atoms with Crippen LogP contribution >= 0.6 is 11.3 Å². The van der Waals surface area contributed by atoms with Crippen LogP contribution in [0.25, 0.3) is 0 Å². The molecule has 0 aliphatic carbocycles. The highest BCUT2D eigenvalue weighted by atomic mass is 32.1. The molecule has 0 saturated carbocycles. The van der Waals surface area contributed by atoms with Crippen molar-refractivity contribution in [2.45, 2.75) is 33.7 Å². The Hall–Kier alpha value is -2.19. The Bertz CT molecular complexity index is 839. The summed E-state index contributed by atoms with van der Waals surface area (Å²) in [5.41, 5.74) is 7.76. The first kappa shape index (κ1) is 20.5. The van der Waals surface area contributed by atoms with Gasteiger partial charge in [0.15, 0.2) is 5.84 Å². The molecule has 0 amide bonds. The van der Waals surface area contributed by atoms with Crippen molar-refractivity contribution in [2.24, 2.45) is 22.6 Å². The number of aromatic nitrogens is 1. The predicted octanol–water partition coefficient (Wildman–Crippen LogP) is 2.69. The highest BCUT2D eigenvalue weighted by Crippen LogP contribution is 2.30. The van der Waals surface area contributed by atoms with Gasteiger partial charge in [-0.3, -0.25) is 4.90 Å². The van der Waals surface area contributed by atoms with Gasteiger partial charge in [-0.2, -0.15) is 5.10 Å². The highest BCUT2D eigenvalue weighted by molar-refractivity contribution is 7.11. The number of nitrogens with zero attached hydrogens (tertiary/aromatic N) is 4. The molecule has 0 spiro atoms. The second-order valence-corrected chi connectivity index (χ2v) is 8.99. The largest absolute Gasteiger partial charge is 0.382 e. The van der Waals surface area contributed by atoms with Gasteiger partial charge in [-0.05, 0) is 30.9 Å². The van der Waals surface area contributed by atoms with Crippen LogP contribution in [0, 0.1) is 18.7 Å². The minimum atomic E-state index is -0.207. The second kappa shape index (κ2) is 8.87. The summed E-state index contributed by atoms with van der Waals surface area (Å²) in [6.07, 6.45) is 2.59. The third-order valence-corrected chi connectivity index (χ3v) is 5.85. The molecular formula is C20H29FN6S. The van der Waals surface area contributed by atoms with Crippen molar-refractivity contribution in [3.05, 3.63) is 45.2 Å². The minimum Gasteiger partial charge on any atom is -0.382 e. The van der Waals surface area contributed by atoms with Crippen LogP contribution in [-0.4, -0.2) is 41.9 Å². The Morgan fingerprint density at radius 1 is 1.29 bits per heavy atom. The Morgan fingerprint density at radius 2 is 2.00 bits per heavy atom. The highest BCUT2D eigenvalue weighted by Gasteiger charge is 2.25. The summed E-state index contributed by atoms with van der Waals surface area (Å²) in [4.78, 5) is 10.1. The minimum absolute atomic E-state index is 0.158. The molecule has 1 saturated heterocycles. The van der Waals surface area contributed by atoms with Crippen LogP contribution < -0.4 is 16.5 Å². The van der Waals surface area contributed by atoms with Crippen LogP contribution in [0.1, 0.15) is 34.9 Å². The van der Waals surface area contributed by atoms with Crippen LogP contribution in [0.2, 0.25) is 0 Å². The van der Waals surface area contributed by atoms with E-state index >= 15 is 4.39 Å². The molecule has 0 atom stereocenters. The molecule has 4 N–H and O–H groups in total. The van der Waals surface area contributed by atoms with Crippen molar-refractivity contribution in [1.82, 2.24) is 9.88 Å². The lowest BCUT2D eigenvalue weighted by Crippen LogP contribution is -2.47. The Balaban J connectivity index is 1.80. The topological polar surface area (TPSA) is 83.8 Å². The lowest BCUT2D eigenvalue weighted by molar-refractivity contribution is 0.249. The predicted molar refractivity (Wildman–Crippen MR) is 114 cm³/mol. The maximum Gasteiger partial charge on any atom is 0.152 e. The molecule has 152 valence electrons. The zero-order valence-electron chi connectivity index (χ0n) is 16.8. The molecule has 1 fully saturated rings. The first-order chi connectivity index (χ1) is 13.4. The number of hydrazone groups is 1. The molecular weight excluding hydrogens is 375 g/mol. The average molecular weight is 405 g/mol. The van der Waals surface area contributed by atoms with E-state index < -0.39 is 0 Å². The van der Waals surface area contributed by atoms with Crippen molar-refractivity contribution < 1.29 is 4.39 Å². The van der Waals surface area contributed by atoms with Gasteiger partial charge in [0.05, 0.1) is 12.2 Å². The first-order valence-corrected chi connectivity index (χ1v) is 10.4. The summed E-state index contributed by atoms with van der Waals surface area (Å²) in [5.74, 6) is 5.71. The maximum absolute atomic E-state index is 15.4. The third-order valence-electron chi connectivity index (χ3n) is 4.96. The first-order valence-electron chi connectivity index (χ1n) is 9.62. The summed E-state index contributed by atoms with van der Waals surface area (Å²) >= 11 is 1.73. The molecule has 28 heavy (non-hydrogen) atoms. The van der Waals surface area contributed by atoms with E-state index in [-0.39, 0.29) is 11.7 Å². The number of halogens is 1. The van der Waals surface area contributed by atoms with Crippen LogP contribution in [0.15, 0.2) is 23.4 Å². The fraction of sp³-hybridized carbons (Fsp3) is 0.500. The van der Waals surface area contributed by atoms with E-state index in [9.17, 15) is 0 Å². The molecule has 1 aliphatic rings. The summed E-state index contributed by atoms with van der Waals surface area (Å²) in [5, 5.41) is 4.72. The van der Waals surface area contributed by atoms with E-state index in [4.69, 9.17) is 11.6 Å². The zero-order valence-corrected chi connectivity index (χ0v) is 17.6. The second-order valence-electron chi connectivity index (χ2n) is 7.67. The van der Waals surface area contributed by atoms with Crippen molar-refractivity contribution >= 4 is 22.9 Å². The fourth-order valence-corrected chi connectivity index (χ4v) is 4.41. The number of nitrogens with two attached hydrogens (primary N) is 2. The Labute approximate surface area is 170 Å². The molecule has 0 bridgehead atoms. The summed E-state index contributed by atoms with van der Waals surface area (Å²) in [6, 6.07) is 3.64. The van der Waals surface area contributed by atoms with Gasteiger partial charge < -0.3 is 16.5 Å². The molecule has 8 heteroatoms. The van der Waals surface area contributed by atoms with Gasteiger partial charge in [-0.1, -0.05) is 19.9 Å². The van der Waals surface area contributed by atoms with E-state index in [2.05, 4.69) is 40.7 Å². The molecule has 1 aliphatic heterocycles. The molecule has 1 aromatic carbocycles. The molecule has 3 rings (SSSR count). The number of anilines is 1. The molecule has 0 unspecified atom stereocenters. The monoisotopic (exact) mass is 404 g/mol. The van der Waals surface area contributed by atoms with Crippen LogP contribution in [0.4, 0.5) is 10.1 Å². The maximum atomic E-state index is 15.4. The number of hydrogen-bond donors (Lipinski definition) is 2. The number of benzene rings is 1. The normalized spacial score (nSPS) is 16.2. The molecule has 1 aromatic heterocycles. The SMILES string of the molecule is Cc1cnc(CN2CCN(c3c(/C(N)=N/N)ccc(CC(C)C)c3F)CC2)s1. The lowest BCUT2D eigenvalue weighted by atomic mass is 9.98. The zero-order chi connectivity index (χ0) is 20.3. The number of aryl methyl sites for hydroxylation is 1. The smallest absolute Gasteiger partial charge is 0.152 e. The van der Waals surface area contributed by atoms with E-state index in [0.29, 0.717) is 29.2 Å². The van der Waals surface area contributed by atoms with Crippen molar-refractivity contribution in [3.8, 4) is 0 Å². The number of hydrogen-bond acceptors (Lipinski definition) is 6. The third kappa shape index (κ3) is 4.62. The molecule has 2 heterocycles. The number of rotatable bonds is 6.